The molecule has 0 aliphatic carbocycles. The van der Waals surface area contributed by atoms with Gasteiger partial charge in [0.25, 0.3) is 5.91 Å². The van der Waals surface area contributed by atoms with Crippen LogP contribution in [0.4, 0.5) is 0 Å². The van der Waals surface area contributed by atoms with Crippen molar-refractivity contribution >= 4 is 17.5 Å². The molecule has 1 aliphatic rings. The highest BCUT2D eigenvalue weighted by Gasteiger charge is 2.31. The molecule has 1 saturated heterocycles. The number of hydrogen-bond acceptors (Lipinski definition) is 4. The van der Waals surface area contributed by atoms with E-state index in [0.29, 0.717) is 36.9 Å². The van der Waals surface area contributed by atoms with Gasteiger partial charge in [-0.1, -0.05) is 11.6 Å². The molecule has 5 nitrogen and oxygen atoms in total. The number of piperazine rings is 1. The van der Waals surface area contributed by atoms with E-state index >= 15 is 0 Å². The molecule has 20 heavy (non-hydrogen) atoms. The highest BCUT2D eigenvalue weighted by molar-refractivity contribution is 6.30. The SMILES string of the molecule is CC(C)(C#N)N1CCN(C(=O)c2cc(Cl)ccn2)CC1. The topological polar surface area (TPSA) is 60.2 Å². The predicted molar refractivity (Wildman–Crippen MR) is 76.4 cm³/mol. The maximum atomic E-state index is 12.3. The number of aromatic nitrogens is 1. The molecule has 0 saturated carbocycles. The third kappa shape index (κ3) is 3.09. The number of carbonyl (C=O) groups excluding carboxylic acids is 1. The summed E-state index contributed by atoms with van der Waals surface area (Å²) in [6.45, 7) is 6.35. The summed E-state index contributed by atoms with van der Waals surface area (Å²) < 4.78 is 0. The van der Waals surface area contributed by atoms with Gasteiger partial charge < -0.3 is 4.90 Å². The van der Waals surface area contributed by atoms with Crippen LogP contribution in [0.5, 0.6) is 0 Å². The first-order valence-electron chi connectivity index (χ1n) is 6.51. The lowest BCUT2D eigenvalue weighted by atomic mass is 10.0. The Morgan fingerprint density at radius 3 is 2.60 bits per heavy atom. The van der Waals surface area contributed by atoms with E-state index in [0.717, 1.165) is 0 Å². The molecule has 0 radical (unpaired) electrons. The Kier molecular flexibility index (Phi) is 4.26. The van der Waals surface area contributed by atoms with Crippen LogP contribution < -0.4 is 0 Å². The summed E-state index contributed by atoms with van der Waals surface area (Å²) >= 11 is 5.87. The molecule has 1 aliphatic heterocycles. The van der Waals surface area contributed by atoms with Crippen LogP contribution in [0, 0.1) is 11.3 Å². The van der Waals surface area contributed by atoms with Crippen molar-refractivity contribution < 1.29 is 4.79 Å². The third-order valence-corrected chi connectivity index (χ3v) is 3.81. The fourth-order valence-corrected chi connectivity index (χ4v) is 2.38. The first-order valence-corrected chi connectivity index (χ1v) is 6.89. The maximum Gasteiger partial charge on any atom is 0.272 e. The zero-order valence-corrected chi connectivity index (χ0v) is 12.4. The van der Waals surface area contributed by atoms with Gasteiger partial charge in [0.05, 0.1) is 6.07 Å². The molecule has 0 N–H and O–H groups in total. The highest BCUT2D eigenvalue weighted by atomic mass is 35.5. The van der Waals surface area contributed by atoms with E-state index in [9.17, 15) is 4.79 Å². The summed E-state index contributed by atoms with van der Waals surface area (Å²) in [5.74, 6) is -0.109. The summed E-state index contributed by atoms with van der Waals surface area (Å²) in [5, 5.41) is 9.64. The van der Waals surface area contributed by atoms with Crippen LogP contribution in [0.3, 0.4) is 0 Å². The van der Waals surface area contributed by atoms with E-state index in [-0.39, 0.29) is 5.91 Å². The van der Waals surface area contributed by atoms with E-state index in [4.69, 9.17) is 16.9 Å². The third-order valence-electron chi connectivity index (χ3n) is 3.57. The van der Waals surface area contributed by atoms with Gasteiger partial charge in [0.1, 0.15) is 11.2 Å². The maximum absolute atomic E-state index is 12.3. The molecule has 0 atom stereocenters. The number of rotatable bonds is 2. The number of pyridine rings is 1. The van der Waals surface area contributed by atoms with Crippen LogP contribution in [0.15, 0.2) is 18.3 Å². The van der Waals surface area contributed by atoms with Gasteiger partial charge in [0.15, 0.2) is 0 Å². The molecule has 1 aromatic heterocycles. The number of nitrogens with zero attached hydrogens (tertiary/aromatic N) is 4. The van der Waals surface area contributed by atoms with Gasteiger partial charge in [-0.05, 0) is 26.0 Å². The summed E-state index contributed by atoms with van der Waals surface area (Å²) in [5.41, 5.74) is -0.130. The molecule has 0 unspecified atom stereocenters. The first kappa shape index (κ1) is 14.8. The quantitative estimate of drug-likeness (QED) is 0.834. The van der Waals surface area contributed by atoms with E-state index in [1.165, 1.54) is 6.20 Å². The second kappa shape index (κ2) is 5.78. The van der Waals surface area contributed by atoms with Gasteiger partial charge in [-0.15, -0.1) is 0 Å². The van der Waals surface area contributed by atoms with E-state index in [1.807, 2.05) is 13.8 Å². The van der Waals surface area contributed by atoms with Crippen LogP contribution >= 0.6 is 11.6 Å². The fourth-order valence-electron chi connectivity index (χ4n) is 2.22. The molecular formula is C14H17ClN4O. The van der Waals surface area contributed by atoms with Gasteiger partial charge in [0.2, 0.25) is 0 Å². The minimum Gasteiger partial charge on any atom is -0.335 e. The van der Waals surface area contributed by atoms with Gasteiger partial charge >= 0.3 is 0 Å². The van der Waals surface area contributed by atoms with E-state index in [1.54, 1.807) is 17.0 Å². The summed E-state index contributed by atoms with van der Waals surface area (Å²) in [4.78, 5) is 20.2. The molecule has 0 aromatic carbocycles. The van der Waals surface area contributed by atoms with Gasteiger partial charge in [-0.25, -0.2) is 0 Å². The molecule has 6 heteroatoms. The standard InChI is InChI=1S/C14H17ClN4O/c1-14(2,10-16)19-7-5-18(6-8-19)13(20)12-9-11(15)3-4-17-12/h3-4,9H,5-8H2,1-2H3. The van der Waals surface area contributed by atoms with Crippen LogP contribution in [0.25, 0.3) is 0 Å². The Balaban J connectivity index is 2.01. The average molecular weight is 293 g/mol. The van der Waals surface area contributed by atoms with Gasteiger partial charge in [0, 0.05) is 37.4 Å². The summed E-state index contributed by atoms with van der Waals surface area (Å²) in [6.07, 6.45) is 1.53. The van der Waals surface area contributed by atoms with Crippen molar-refractivity contribution in [2.45, 2.75) is 19.4 Å². The average Bonchev–Trinajstić information content (AvgIpc) is 2.46. The molecule has 106 valence electrons. The number of carbonyl (C=O) groups is 1. The summed E-state index contributed by atoms with van der Waals surface area (Å²) in [7, 11) is 0. The minimum atomic E-state index is -0.497. The van der Waals surface area contributed by atoms with Crippen molar-refractivity contribution in [3.8, 4) is 6.07 Å². The van der Waals surface area contributed by atoms with Gasteiger partial charge in [-0.3, -0.25) is 14.7 Å². The number of hydrogen-bond donors (Lipinski definition) is 0. The van der Waals surface area contributed by atoms with Crippen LogP contribution in [-0.4, -0.2) is 52.4 Å². The van der Waals surface area contributed by atoms with Crippen LogP contribution in [0.2, 0.25) is 5.02 Å². The Bertz CT molecular complexity index is 544. The molecule has 1 aromatic rings. The lowest BCUT2D eigenvalue weighted by molar-refractivity contribution is 0.0516. The van der Waals surface area contributed by atoms with Crippen LogP contribution in [-0.2, 0) is 0 Å². The summed E-state index contributed by atoms with van der Waals surface area (Å²) in [6, 6.07) is 5.51. The Morgan fingerprint density at radius 1 is 1.40 bits per heavy atom. The molecular weight excluding hydrogens is 276 g/mol. The smallest absolute Gasteiger partial charge is 0.272 e. The zero-order chi connectivity index (χ0) is 14.8. The van der Waals surface area contributed by atoms with E-state index in [2.05, 4.69) is 16.0 Å². The highest BCUT2D eigenvalue weighted by Crippen LogP contribution is 2.17. The van der Waals surface area contributed by atoms with Gasteiger partial charge in [-0.2, -0.15) is 5.26 Å². The van der Waals surface area contributed by atoms with Crippen molar-refractivity contribution in [3.63, 3.8) is 0 Å². The Labute approximate surface area is 123 Å². The van der Waals surface area contributed by atoms with Crippen molar-refractivity contribution in [1.82, 2.24) is 14.8 Å². The first-order chi connectivity index (χ1) is 9.44. The molecule has 0 spiro atoms. The number of halogens is 1. The lowest BCUT2D eigenvalue weighted by Gasteiger charge is -2.40. The monoisotopic (exact) mass is 292 g/mol. The second-order valence-electron chi connectivity index (χ2n) is 5.31. The fraction of sp³-hybridized carbons (Fsp3) is 0.500. The molecule has 1 amide bonds. The van der Waals surface area contributed by atoms with Crippen molar-refractivity contribution in [2.75, 3.05) is 26.2 Å². The van der Waals surface area contributed by atoms with Crippen molar-refractivity contribution in [1.29, 1.82) is 5.26 Å². The largest absolute Gasteiger partial charge is 0.335 e. The second-order valence-corrected chi connectivity index (χ2v) is 5.75. The van der Waals surface area contributed by atoms with Crippen LogP contribution in [0.1, 0.15) is 24.3 Å². The molecule has 0 bridgehead atoms. The number of nitriles is 1. The number of amides is 1. The normalized spacial score (nSPS) is 16.8. The molecule has 1 fully saturated rings. The van der Waals surface area contributed by atoms with Crippen molar-refractivity contribution in [3.05, 3.63) is 29.0 Å². The minimum absolute atomic E-state index is 0.109. The zero-order valence-electron chi connectivity index (χ0n) is 11.6. The van der Waals surface area contributed by atoms with E-state index < -0.39 is 5.54 Å². The Hall–Kier alpha value is -1.64. The molecule has 2 rings (SSSR count). The molecule has 2 heterocycles. The van der Waals surface area contributed by atoms with Crippen molar-refractivity contribution in [2.24, 2.45) is 0 Å². The Morgan fingerprint density at radius 2 is 2.05 bits per heavy atom. The predicted octanol–water partition coefficient (Wildman–Crippen LogP) is 1.79. The lowest BCUT2D eigenvalue weighted by Crippen LogP contribution is -2.55.